The highest BCUT2D eigenvalue weighted by Crippen LogP contribution is 2.09. The summed E-state index contributed by atoms with van der Waals surface area (Å²) in [6, 6.07) is 1.12. The number of carbonyl (C=O) groups is 1. The van der Waals surface area contributed by atoms with E-state index in [1.165, 1.54) is 0 Å². The Labute approximate surface area is 101 Å². The highest BCUT2D eigenvalue weighted by molar-refractivity contribution is 5.94. The minimum Gasteiger partial charge on any atom is -0.348 e. The Balaban J connectivity index is 2.06. The molecule has 0 aromatic carbocycles. The predicted molar refractivity (Wildman–Crippen MR) is 58.5 cm³/mol. The van der Waals surface area contributed by atoms with Crippen molar-refractivity contribution in [2.75, 3.05) is 0 Å². The maximum atomic E-state index is 13.3. The van der Waals surface area contributed by atoms with Crippen molar-refractivity contribution < 1.29 is 13.6 Å². The topological polar surface area (TPSA) is 59.8 Å². The van der Waals surface area contributed by atoms with Gasteiger partial charge in [-0.2, -0.15) is 9.49 Å². The standard InChI is InChI=1S/C11H10F2N4O/c1-17-6-7(5-16-17)4-15-11(18)8-2-3-14-10(13)9(8)12/h2-3,5-6H,4H2,1H3,(H,15,18). The molecule has 0 aliphatic carbocycles. The van der Waals surface area contributed by atoms with Crippen molar-refractivity contribution in [3.8, 4) is 0 Å². The van der Waals surface area contributed by atoms with Crippen molar-refractivity contribution in [2.45, 2.75) is 6.54 Å². The van der Waals surface area contributed by atoms with Gasteiger partial charge in [-0.3, -0.25) is 9.48 Å². The minimum atomic E-state index is -1.29. The molecule has 0 atom stereocenters. The third-order valence-electron chi connectivity index (χ3n) is 2.30. The van der Waals surface area contributed by atoms with Crippen LogP contribution in [0.5, 0.6) is 0 Å². The molecule has 2 aromatic rings. The molecule has 0 spiro atoms. The van der Waals surface area contributed by atoms with Gasteiger partial charge in [0.05, 0.1) is 11.8 Å². The summed E-state index contributed by atoms with van der Waals surface area (Å²) in [7, 11) is 1.74. The van der Waals surface area contributed by atoms with Gasteiger partial charge in [0.2, 0.25) is 5.95 Å². The molecule has 1 N–H and O–H groups in total. The lowest BCUT2D eigenvalue weighted by atomic mass is 10.2. The van der Waals surface area contributed by atoms with Crippen LogP contribution < -0.4 is 5.32 Å². The van der Waals surface area contributed by atoms with E-state index in [0.717, 1.165) is 17.8 Å². The summed E-state index contributed by atoms with van der Waals surface area (Å²) in [5.41, 5.74) is 0.396. The first kappa shape index (κ1) is 12.2. The lowest BCUT2D eigenvalue weighted by Gasteiger charge is -2.04. The van der Waals surface area contributed by atoms with Crippen LogP contribution in [0.1, 0.15) is 15.9 Å². The smallest absolute Gasteiger partial charge is 0.254 e. The highest BCUT2D eigenvalue weighted by atomic mass is 19.2. The van der Waals surface area contributed by atoms with Crippen LogP contribution in [-0.2, 0) is 13.6 Å². The average Bonchev–Trinajstić information content (AvgIpc) is 2.76. The Kier molecular flexibility index (Phi) is 3.31. The Morgan fingerprint density at radius 3 is 2.94 bits per heavy atom. The van der Waals surface area contributed by atoms with Gasteiger partial charge in [0, 0.05) is 31.5 Å². The van der Waals surface area contributed by atoms with Gasteiger partial charge >= 0.3 is 0 Å². The summed E-state index contributed by atoms with van der Waals surface area (Å²) in [5, 5.41) is 6.39. The Morgan fingerprint density at radius 2 is 2.28 bits per heavy atom. The fourth-order valence-corrected chi connectivity index (χ4v) is 1.43. The number of halogens is 2. The molecule has 18 heavy (non-hydrogen) atoms. The Morgan fingerprint density at radius 1 is 1.50 bits per heavy atom. The molecule has 7 heteroatoms. The number of pyridine rings is 1. The van der Waals surface area contributed by atoms with Gasteiger partial charge < -0.3 is 5.32 Å². The number of hydrogen-bond donors (Lipinski definition) is 1. The number of aromatic nitrogens is 3. The molecular formula is C11H10F2N4O. The van der Waals surface area contributed by atoms with Crippen LogP contribution in [0, 0.1) is 11.8 Å². The normalized spacial score (nSPS) is 10.4. The first-order valence-electron chi connectivity index (χ1n) is 5.13. The highest BCUT2D eigenvalue weighted by Gasteiger charge is 2.15. The van der Waals surface area contributed by atoms with Crippen LogP contribution in [0.2, 0.25) is 0 Å². The Hall–Kier alpha value is -2.31. The largest absolute Gasteiger partial charge is 0.348 e. The summed E-state index contributed by atoms with van der Waals surface area (Å²) in [5.74, 6) is -3.23. The molecule has 0 aliphatic heterocycles. The van der Waals surface area contributed by atoms with E-state index in [1.54, 1.807) is 24.1 Å². The molecule has 2 rings (SSSR count). The molecule has 0 bridgehead atoms. The van der Waals surface area contributed by atoms with E-state index in [1.807, 2.05) is 0 Å². The van der Waals surface area contributed by atoms with Crippen molar-refractivity contribution in [2.24, 2.45) is 7.05 Å². The van der Waals surface area contributed by atoms with Crippen LogP contribution >= 0.6 is 0 Å². The van der Waals surface area contributed by atoms with Crippen LogP contribution in [0.3, 0.4) is 0 Å². The molecule has 0 fully saturated rings. The average molecular weight is 252 g/mol. The Bertz CT molecular complexity index is 582. The van der Waals surface area contributed by atoms with Gasteiger partial charge in [-0.05, 0) is 6.07 Å². The van der Waals surface area contributed by atoms with E-state index < -0.39 is 17.7 Å². The quantitative estimate of drug-likeness (QED) is 0.830. The van der Waals surface area contributed by atoms with Gasteiger partial charge in [0.25, 0.3) is 5.91 Å². The van der Waals surface area contributed by atoms with Gasteiger partial charge in [-0.1, -0.05) is 0 Å². The van der Waals surface area contributed by atoms with Crippen molar-refractivity contribution in [3.05, 3.63) is 47.5 Å². The second-order valence-electron chi connectivity index (χ2n) is 3.67. The first-order chi connectivity index (χ1) is 8.58. The molecule has 94 valence electrons. The first-order valence-corrected chi connectivity index (χ1v) is 5.13. The molecular weight excluding hydrogens is 242 g/mol. The zero-order valence-electron chi connectivity index (χ0n) is 9.52. The third kappa shape index (κ3) is 2.50. The summed E-state index contributed by atoms with van der Waals surface area (Å²) in [6.45, 7) is 0.191. The number of hydrogen-bond acceptors (Lipinski definition) is 3. The zero-order chi connectivity index (χ0) is 13.1. The number of rotatable bonds is 3. The third-order valence-corrected chi connectivity index (χ3v) is 2.30. The number of nitrogens with zero attached hydrogens (tertiary/aromatic N) is 3. The maximum Gasteiger partial charge on any atom is 0.254 e. The second kappa shape index (κ2) is 4.91. The molecule has 2 heterocycles. The SMILES string of the molecule is Cn1cc(CNC(=O)c2ccnc(F)c2F)cn1. The molecule has 1 amide bonds. The van der Waals surface area contributed by atoms with Crippen LogP contribution in [-0.4, -0.2) is 20.7 Å². The number of carbonyl (C=O) groups excluding carboxylic acids is 1. The second-order valence-corrected chi connectivity index (χ2v) is 3.67. The van der Waals surface area contributed by atoms with E-state index in [0.29, 0.717) is 0 Å². The molecule has 0 saturated carbocycles. The van der Waals surface area contributed by atoms with Crippen LogP contribution in [0.4, 0.5) is 8.78 Å². The van der Waals surface area contributed by atoms with Gasteiger partial charge in [-0.15, -0.1) is 0 Å². The maximum absolute atomic E-state index is 13.3. The lowest BCUT2D eigenvalue weighted by molar-refractivity contribution is 0.0945. The van der Waals surface area contributed by atoms with E-state index in [2.05, 4.69) is 15.4 Å². The van der Waals surface area contributed by atoms with Crippen LogP contribution in [0.15, 0.2) is 24.7 Å². The van der Waals surface area contributed by atoms with E-state index >= 15 is 0 Å². The van der Waals surface area contributed by atoms with Crippen LogP contribution in [0.25, 0.3) is 0 Å². The van der Waals surface area contributed by atoms with Crippen molar-refractivity contribution in [3.63, 3.8) is 0 Å². The number of aryl methyl sites for hydroxylation is 1. The van der Waals surface area contributed by atoms with Crippen molar-refractivity contribution in [1.82, 2.24) is 20.1 Å². The molecule has 0 saturated heterocycles. The summed E-state index contributed by atoms with van der Waals surface area (Å²) >= 11 is 0. The molecule has 0 aliphatic rings. The summed E-state index contributed by atoms with van der Waals surface area (Å²) in [4.78, 5) is 14.7. The predicted octanol–water partition coefficient (Wildman–Crippen LogP) is 1.02. The zero-order valence-corrected chi connectivity index (χ0v) is 9.52. The minimum absolute atomic E-state index is 0.191. The van der Waals surface area contributed by atoms with Gasteiger partial charge in [0.1, 0.15) is 0 Å². The molecule has 2 aromatic heterocycles. The number of nitrogens with one attached hydrogen (secondary N) is 1. The molecule has 5 nitrogen and oxygen atoms in total. The molecule has 0 radical (unpaired) electrons. The summed E-state index contributed by atoms with van der Waals surface area (Å²) < 4.78 is 27.7. The monoisotopic (exact) mass is 252 g/mol. The van der Waals surface area contributed by atoms with Crippen molar-refractivity contribution >= 4 is 5.91 Å². The summed E-state index contributed by atoms with van der Waals surface area (Å²) in [6.07, 6.45) is 4.32. The molecule has 0 unspecified atom stereocenters. The fourth-order valence-electron chi connectivity index (χ4n) is 1.43. The van der Waals surface area contributed by atoms with E-state index in [9.17, 15) is 13.6 Å². The van der Waals surface area contributed by atoms with Crippen molar-refractivity contribution in [1.29, 1.82) is 0 Å². The van der Waals surface area contributed by atoms with E-state index in [-0.39, 0.29) is 12.1 Å². The lowest BCUT2D eigenvalue weighted by Crippen LogP contribution is -2.24. The van der Waals surface area contributed by atoms with E-state index in [4.69, 9.17) is 0 Å². The van der Waals surface area contributed by atoms with Gasteiger partial charge in [0.15, 0.2) is 5.82 Å². The van der Waals surface area contributed by atoms with Gasteiger partial charge in [-0.25, -0.2) is 9.37 Å². The fraction of sp³-hybridized carbons (Fsp3) is 0.182. The number of amides is 1.